The fourth-order valence-electron chi connectivity index (χ4n) is 2.18. The summed E-state index contributed by atoms with van der Waals surface area (Å²) in [6.07, 6.45) is 0. The molecule has 2 aromatic rings. The van der Waals surface area contributed by atoms with Gasteiger partial charge in [0.1, 0.15) is 5.75 Å². The SMILES string of the molecule is CCOc1ccc(/N=c2/sc(C(C)=O)c(C)n2CCN)cc1. The van der Waals surface area contributed by atoms with Crippen LogP contribution in [0.1, 0.15) is 29.2 Å². The molecule has 0 radical (unpaired) electrons. The molecule has 0 aliphatic rings. The van der Waals surface area contributed by atoms with Crippen LogP contribution in [0.2, 0.25) is 0 Å². The van der Waals surface area contributed by atoms with Crippen LogP contribution in [0.5, 0.6) is 5.75 Å². The van der Waals surface area contributed by atoms with Crippen LogP contribution in [0, 0.1) is 6.92 Å². The summed E-state index contributed by atoms with van der Waals surface area (Å²) in [7, 11) is 0. The maximum absolute atomic E-state index is 11.7. The Hall–Kier alpha value is -1.92. The van der Waals surface area contributed by atoms with Gasteiger partial charge in [-0.05, 0) is 38.1 Å². The zero-order chi connectivity index (χ0) is 16.1. The summed E-state index contributed by atoms with van der Waals surface area (Å²) in [5.74, 6) is 0.879. The average Bonchev–Trinajstić information content (AvgIpc) is 2.79. The van der Waals surface area contributed by atoms with E-state index in [2.05, 4.69) is 4.99 Å². The van der Waals surface area contributed by atoms with Gasteiger partial charge in [0.15, 0.2) is 10.6 Å². The Labute approximate surface area is 134 Å². The number of thiazole rings is 1. The van der Waals surface area contributed by atoms with Crippen molar-refractivity contribution in [2.75, 3.05) is 13.2 Å². The van der Waals surface area contributed by atoms with Crippen LogP contribution in [-0.4, -0.2) is 23.5 Å². The number of ether oxygens (including phenoxy) is 1. The fourth-order valence-corrected chi connectivity index (χ4v) is 3.26. The largest absolute Gasteiger partial charge is 0.494 e. The van der Waals surface area contributed by atoms with E-state index in [-0.39, 0.29) is 5.78 Å². The monoisotopic (exact) mass is 319 g/mol. The minimum Gasteiger partial charge on any atom is -0.494 e. The van der Waals surface area contributed by atoms with Crippen LogP contribution in [0.4, 0.5) is 5.69 Å². The molecule has 1 aromatic heterocycles. The Morgan fingerprint density at radius 3 is 2.59 bits per heavy atom. The Morgan fingerprint density at radius 2 is 2.05 bits per heavy atom. The van der Waals surface area contributed by atoms with E-state index in [1.54, 1.807) is 6.92 Å². The van der Waals surface area contributed by atoms with Crippen molar-refractivity contribution in [1.82, 2.24) is 4.57 Å². The minimum absolute atomic E-state index is 0.0569. The highest BCUT2D eigenvalue weighted by molar-refractivity contribution is 7.11. The maximum Gasteiger partial charge on any atom is 0.190 e. The van der Waals surface area contributed by atoms with Gasteiger partial charge >= 0.3 is 0 Å². The van der Waals surface area contributed by atoms with E-state index in [1.165, 1.54) is 11.3 Å². The van der Waals surface area contributed by atoms with Crippen LogP contribution < -0.4 is 15.3 Å². The van der Waals surface area contributed by atoms with Crippen molar-refractivity contribution < 1.29 is 9.53 Å². The molecule has 118 valence electrons. The van der Waals surface area contributed by atoms with Gasteiger partial charge in [-0.3, -0.25) is 4.79 Å². The highest BCUT2D eigenvalue weighted by Crippen LogP contribution is 2.19. The molecule has 0 aliphatic carbocycles. The first-order chi connectivity index (χ1) is 10.6. The number of benzene rings is 1. The van der Waals surface area contributed by atoms with E-state index in [1.807, 2.05) is 42.7 Å². The predicted octanol–water partition coefficient (Wildman–Crippen LogP) is 2.65. The highest BCUT2D eigenvalue weighted by Gasteiger charge is 2.12. The molecule has 22 heavy (non-hydrogen) atoms. The van der Waals surface area contributed by atoms with Crippen molar-refractivity contribution in [3.63, 3.8) is 0 Å². The van der Waals surface area contributed by atoms with Crippen molar-refractivity contribution >= 4 is 22.8 Å². The summed E-state index contributed by atoms with van der Waals surface area (Å²) in [6.45, 7) is 7.24. The van der Waals surface area contributed by atoms with Gasteiger partial charge in [-0.25, -0.2) is 4.99 Å². The minimum atomic E-state index is 0.0569. The van der Waals surface area contributed by atoms with Gasteiger partial charge in [0, 0.05) is 25.7 Å². The second-order valence-corrected chi connectivity index (χ2v) is 5.81. The lowest BCUT2D eigenvalue weighted by molar-refractivity contribution is 0.102. The molecule has 0 spiro atoms. The summed E-state index contributed by atoms with van der Waals surface area (Å²) >= 11 is 1.40. The molecule has 5 nitrogen and oxygen atoms in total. The number of ketones is 1. The molecule has 0 saturated heterocycles. The number of carbonyl (C=O) groups is 1. The molecule has 0 amide bonds. The van der Waals surface area contributed by atoms with E-state index >= 15 is 0 Å². The van der Waals surface area contributed by atoms with E-state index in [4.69, 9.17) is 10.5 Å². The number of nitrogens with two attached hydrogens (primary N) is 1. The Bertz CT molecular complexity index is 714. The van der Waals surface area contributed by atoms with Gasteiger partial charge in [-0.15, -0.1) is 0 Å². The zero-order valence-corrected chi connectivity index (χ0v) is 13.9. The summed E-state index contributed by atoms with van der Waals surface area (Å²) in [6, 6.07) is 7.59. The topological polar surface area (TPSA) is 69.6 Å². The third-order valence-electron chi connectivity index (χ3n) is 3.20. The number of carbonyl (C=O) groups excluding carboxylic acids is 1. The highest BCUT2D eigenvalue weighted by atomic mass is 32.1. The Balaban J connectivity index is 2.45. The second-order valence-electron chi connectivity index (χ2n) is 4.83. The van der Waals surface area contributed by atoms with Crippen LogP contribution in [0.15, 0.2) is 29.3 Å². The second kappa shape index (κ2) is 7.38. The molecular weight excluding hydrogens is 298 g/mol. The van der Waals surface area contributed by atoms with Gasteiger partial charge in [0.25, 0.3) is 0 Å². The molecule has 6 heteroatoms. The summed E-state index contributed by atoms with van der Waals surface area (Å²) < 4.78 is 7.42. The van der Waals surface area contributed by atoms with Gasteiger partial charge in [-0.2, -0.15) is 0 Å². The Kier molecular flexibility index (Phi) is 5.51. The molecule has 0 atom stereocenters. The van der Waals surface area contributed by atoms with Crippen LogP contribution in [0.25, 0.3) is 0 Å². The third-order valence-corrected chi connectivity index (χ3v) is 4.48. The first-order valence-electron chi connectivity index (χ1n) is 7.25. The number of rotatable bonds is 6. The molecular formula is C16H21N3O2S. The van der Waals surface area contributed by atoms with Crippen molar-refractivity contribution in [1.29, 1.82) is 0 Å². The maximum atomic E-state index is 11.7. The first-order valence-corrected chi connectivity index (χ1v) is 8.07. The molecule has 0 aliphatic heterocycles. The van der Waals surface area contributed by atoms with E-state index < -0.39 is 0 Å². The molecule has 2 N–H and O–H groups in total. The summed E-state index contributed by atoms with van der Waals surface area (Å²) in [5.41, 5.74) is 7.42. The zero-order valence-electron chi connectivity index (χ0n) is 13.1. The first kappa shape index (κ1) is 16.5. The molecule has 2 rings (SSSR count). The summed E-state index contributed by atoms with van der Waals surface area (Å²) in [5, 5.41) is 0. The predicted molar refractivity (Wildman–Crippen MR) is 88.9 cm³/mol. The third kappa shape index (κ3) is 3.64. The number of Topliss-reactive ketones (excluding diaryl/α,β-unsaturated/α-hetero) is 1. The lowest BCUT2D eigenvalue weighted by Crippen LogP contribution is -2.21. The van der Waals surface area contributed by atoms with Crippen molar-refractivity contribution in [2.24, 2.45) is 10.7 Å². The van der Waals surface area contributed by atoms with Gasteiger partial charge in [0.2, 0.25) is 0 Å². The van der Waals surface area contributed by atoms with Gasteiger partial charge < -0.3 is 15.0 Å². The Morgan fingerprint density at radius 1 is 1.36 bits per heavy atom. The van der Waals surface area contributed by atoms with E-state index in [0.717, 1.165) is 26.8 Å². The molecule has 0 bridgehead atoms. The standard InChI is InChI=1S/C16H21N3O2S/c1-4-21-14-7-5-13(6-8-14)18-16-19(10-9-17)11(2)15(22-16)12(3)20/h5-8H,4,9-10,17H2,1-3H3/b18-16+. The average molecular weight is 319 g/mol. The van der Waals surface area contributed by atoms with Crippen LogP contribution in [0.3, 0.4) is 0 Å². The molecule has 0 saturated carbocycles. The number of hydrogen-bond donors (Lipinski definition) is 1. The number of nitrogens with zero attached hydrogens (tertiary/aromatic N) is 2. The van der Waals surface area contributed by atoms with Crippen molar-refractivity contribution in [3.8, 4) is 5.75 Å². The number of aromatic nitrogens is 1. The van der Waals surface area contributed by atoms with E-state index in [0.29, 0.717) is 19.7 Å². The lowest BCUT2D eigenvalue weighted by Gasteiger charge is -2.04. The lowest BCUT2D eigenvalue weighted by atomic mass is 10.3. The molecule has 0 fully saturated rings. The van der Waals surface area contributed by atoms with Gasteiger partial charge in [0.05, 0.1) is 17.2 Å². The number of hydrogen-bond acceptors (Lipinski definition) is 5. The summed E-state index contributed by atoms with van der Waals surface area (Å²) in [4.78, 5) is 17.9. The molecule has 1 heterocycles. The fraction of sp³-hybridized carbons (Fsp3) is 0.375. The van der Waals surface area contributed by atoms with Crippen LogP contribution >= 0.6 is 11.3 Å². The smallest absolute Gasteiger partial charge is 0.190 e. The van der Waals surface area contributed by atoms with Crippen LogP contribution in [-0.2, 0) is 6.54 Å². The van der Waals surface area contributed by atoms with E-state index in [9.17, 15) is 4.79 Å². The van der Waals surface area contributed by atoms with Crippen molar-refractivity contribution in [2.45, 2.75) is 27.3 Å². The van der Waals surface area contributed by atoms with Gasteiger partial charge in [-0.1, -0.05) is 11.3 Å². The molecule has 0 unspecified atom stereocenters. The molecule has 1 aromatic carbocycles. The normalized spacial score (nSPS) is 11.7. The quantitative estimate of drug-likeness (QED) is 0.832. The van der Waals surface area contributed by atoms with Crippen molar-refractivity contribution in [3.05, 3.63) is 39.6 Å².